The molecule has 0 saturated carbocycles. The summed E-state index contributed by atoms with van der Waals surface area (Å²) in [7, 11) is 3.96. The molecule has 2 aliphatic rings. The molecule has 1 aromatic heterocycles. The van der Waals surface area contributed by atoms with Crippen LogP contribution in [-0.4, -0.2) is 35.8 Å². The van der Waals surface area contributed by atoms with Gasteiger partial charge in [-0.2, -0.15) is 0 Å². The summed E-state index contributed by atoms with van der Waals surface area (Å²) < 4.78 is 6.16. The van der Waals surface area contributed by atoms with Gasteiger partial charge in [-0.3, -0.25) is 5.01 Å². The van der Waals surface area contributed by atoms with E-state index in [1.807, 2.05) is 79.1 Å². The minimum Gasteiger partial charge on any atom is -0.457 e. The summed E-state index contributed by atoms with van der Waals surface area (Å²) in [4.78, 5) is 13.1. The number of aromatic nitrogens is 2. The zero-order chi connectivity index (χ0) is 19.8. The number of benzene rings is 2. The Balaban J connectivity index is 1.40. The summed E-state index contributed by atoms with van der Waals surface area (Å²) in [6, 6.07) is 16.0. The van der Waals surface area contributed by atoms with E-state index in [1.165, 1.54) is 0 Å². The van der Waals surface area contributed by atoms with Crippen molar-refractivity contribution in [3.8, 4) is 11.5 Å². The fourth-order valence-corrected chi connectivity index (χ4v) is 3.51. The summed E-state index contributed by atoms with van der Waals surface area (Å²) in [5.41, 5.74) is 5.12. The van der Waals surface area contributed by atoms with Crippen molar-refractivity contribution < 1.29 is 4.74 Å². The Hall–Kier alpha value is -3.78. The van der Waals surface area contributed by atoms with Crippen LogP contribution in [0, 0.1) is 0 Å². The van der Waals surface area contributed by atoms with E-state index in [2.05, 4.69) is 31.3 Å². The number of hydrogen-bond donors (Lipinski definition) is 1. The van der Waals surface area contributed by atoms with Crippen molar-refractivity contribution in [1.82, 2.24) is 20.5 Å². The second-order valence-electron chi connectivity index (χ2n) is 6.88. The van der Waals surface area contributed by atoms with Gasteiger partial charge in [-0.05, 0) is 24.3 Å². The molecule has 0 unspecified atom stereocenters. The average Bonchev–Trinajstić information content (AvgIpc) is 3.32. The van der Waals surface area contributed by atoms with E-state index in [4.69, 9.17) is 4.74 Å². The molecule has 0 bridgehead atoms. The molecule has 8 nitrogen and oxygen atoms in total. The average molecular weight is 387 g/mol. The fourth-order valence-electron chi connectivity index (χ4n) is 3.51. The van der Waals surface area contributed by atoms with Gasteiger partial charge in [-0.25, -0.2) is 9.97 Å². The molecule has 0 radical (unpaired) electrons. The Bertz CT molecular complexity index is 1070. The molecule has 2 aliphatic heterocycles. The fraction of sp³-hybridized carbons (Fsp3) is 0.143. The van der Waals surface area contributed by atoms with Gasteiger partial charge in [0.25, 0.3) is 0 Å². The molecule has 0 aliphatic carbocycles. The van der Waals surface area contributed by atoms with Gasteiger partial charge in [0.15, 0.2) is 11.6 Å². The predicted octanol–water partition coefficient (Wildman–Crippen LogP) is 3.46. The van der Waals surface area contributed by atoms with Crippen molar-refractivity contribution in [2.75, 3.05) is 35.6 Å². The maximum absolute atomic E-state index is 6.16. The van der Waals surface area contributed by atoms with Gasteiger partial charge in [0, 0.05) is 56.7 Å². The van der Waals surface area contributed by atoms with Crippen LogP contribution >= 0.6 is 0 Å². The molecular formula is C21H21N7O. The van der Waals surface area contributed by atoms with E-state index in [-0.39, 0.29) is 0 Å². The van der Waals surface area contributed by atoms with Crippen LogP contribution in [0.3, 0.4) is 0 Å². The minimum atomic E-state index is 0.693. The molecule has 3 heterocycles. The minimum absolute atomic E-state index is 0.693. The molecule has 1 N–H and O–H groups in total. The van der Waals surface area contributed by atoms with Crippen LogP contribution in [0.25, 0.3) is 0 Å². The van der Waals surface area contributed by atoms with Gasteiger partial charge in [-0.1, -0.05) is 12.1 Å². The molecule has 3 aromatic rings. The monoisotopic (exact) mass is 387 g/mol. The van der Waals surface area contributed by atoms with Crippen LogP contribution < -0.4 is 25.0 Å². The Morgan fingerprint density at radius 2 is 1.59 bits per heavy atom. The van der Waals surface area contributed by atoms with Crippen molar-refractivity contribution >= 4 is 23.0 Å². The van der Waals surface area contributed by atoms with E-state index < -0.39 is 0 Å². The summed E-state index contributed by atoms with van der Waals surface area (Å²) in [5.74, 6) is 3.27. The molecule has 0 saturated heterocycles. The normalized spacial score (nSPS) is 15.6. The van der Waals surface area contributed by atoms with Crippen molar-refractivity contribution in [3.05, 3.63) is 73.3 Å². The third-order valence-electron chi connectivity index (χ3n) is 4.88. The maximum atomic E-state index is 6.16. The van der Waals surface area contributed by atoms with E-state index in [9.17, 15) is 0 Å². The zero-order valence-electron chi connectivity index (χ0n) is 16.2. The van der Waals surface area contributed by atoms with Crippen LogP contribution in [-0.2, 0) is 0 Å². The largest absolute Gasteiger partial charge is 0.457 e. The van der Waals surface area contributed by atoms with Gasteiger partial charge in [0.1, 0.15) is 11.5 Å². The highest BCUT2D eigenvalue weighted by Gasteiger charge is 2.27. The Morgan fingerprint density at radius 3 is 2.31 bits per heavy atom. The number of fused-ring (bicyclic) bond motifs is 1. The Morgan fingerprint density at radius 1 is 0.897 bits per heavy atom. The molecule has 8 heteroatoms. The Kier molecular flexibility index (Phi) is 4.18. The van der Waals surface area contributed by atoms with Crippen LogP contribution in [0.15, 0.2) is 73.3 Å². The number of hydrazine groups is 2. The smallest absolute Gasteiger partial charge is 0.178 e. The summed E-state index contributed by atoms with van der Waals surface area (Å²) in [5, 5.41) is 3.89. The van der Waals surface area contributed by atoms with Crippen LogP contribution in [0.2, 0.25) is 0 Å². The van der Waals surface area contributed by atoms with Gasteiger partial charge in [0.2, 0.25) is 0 Å². The van der Waals surface area contributed by atoms with E-state index in [0.717, 1.165) is 34.5 Å². The number of nitrogens with zero attached hydrogens (tertiary/aromatic N) is 6. The highest BCUT2D eigenvalue weighted by atomic mass is 16.5. The van der Waals surface area contributed by atoms with E-state index in [1.54, 1.807) is 12.4 Å². The van der Waals surface area contributed by atoms with Crippen molar-refractivity contribution in [1.29, 1.82) is 0 Å². The van der Waals surface area contributed by atoms with E-state index >= 15 is 0 Å². The van der Waals surface area contributed by atoms with Crippen LogP contribution in [0.5, 0.6) is 11.5 Å². The molecular weight excluding hydrogens is 366 g/mol. The lowest BCUT2D eigenvalue weighted by atomic mass is 10.2. The first-order valence-electron chi connectivity index (χ1n) is 9.32. The number of rotatable bonds is 4. The van der Waals surface area contributed by atoms with E-state index in [0.29, 0.717) is 6.67 Å². The number of hydrogen-bond acceptors (Lipinski definition) is 8. The quantitative estimate of drug-likeness (QED) is 0.730. The van der Waals surface area contributed by atoms with Gasteiger partial charge < -0.3 is 20.0 Å². The standard InChI is InChI=1S/C21H21N7O/c1-25-15-27(21-20(25)22-9-10-23-21)16-5-3-7-18(13-16)29-19-8-4-6-17(14-19)28-12-11-24-26(28)2/h3-14,24H,15H2,1-2H3. The lowest BCUT2D eigenvalue weighted by Gasteiger charge is -2.24. The third kappa shape index (κ3) is 3.19. The molecule has 29 heavy (non-hydrogen) atoms. The lowest BCUT2D eigenvalue weighted by molar-refractivity contribution is 0.302. The predicted molar refractivity (Wildman–Crippen MR) is 113 cm³/mol. The van der Waals surface area contributed by atoms with Gasteiger partial charge >= 0.3 is 0 Å². The molecule has 2 aromatic carbocycles. The van der Waals surface area contributed by atoms with Crippen molar-refractivity contribution in [2.45, 2.75) is 0 Å². The topological polar surface area (TPSA) is 60.0 Å². The van der Waals surface area contributed by atoms with Gasteiger partial charge in [-0.15, -0.1) is 5.12 Å². The molecule has 0 fully saturated rings. The number of ether oxygens (including phenoxy) is 1. The third-order valence-corrected chi connectivity index (χ3v) is 4.88. The van der Waals surface area contributed by atoms with Crippen LogP contribution in [0.4, 0.5) is 23.0 Å². The number of anilines is 4. The first kappa shape index (κ1) is 17.3. The Labute approximate surface area is 169 Å². The van der Waals surface area contributed by atoms with Crippen molar-refractivity contribution in [2.24, 2.45) is 0 Å². The zero-order valence-corrected chi connectivity index (χ0v) is 16.2. The van der Waals surface area contributed by atoms with Gasteiger partial charge in [0.05, 0.1) is 12.4 Å². The lowest BCUT2D eigenvalue weighted by Crippen LogP contribution is -2.37. The molecule has 146 valence electrons. The maximum Gasteiger partial charge on any atom is 0.178 e. The highest BCUT2D eigenvalue weighted by molar-refractivity contribution is 5.76. The summed E-state index contributed by atoms with van der Waals surface area (Å²) in [6.45, 7) is 0.693. The first-order valence-corrected chi connectivity index (χ1v) is 9.32. The molecule has 0 spiro atoms. The highest BCUT2D eigenvalue weighted by Crippen LogP contribution is 2.38. The second kappa shape index (κ2) is 6.99. The summed E-state index contributed by atoms with van der Waals surface area (Å²) >= 11 is 0. The molecule has 5 rings (SSSR count). The SMILES string of the molecule is CN1CN(c2cccc(Oc3cccc(N4C=CNN4C)c3)c2)c2nccnc21. The summed E-state index contributed by atoms with van der Waals surface area (Å²) in [6.07, 6.45) is 7.27. The molecule has 0 amide bonds. The number of nitrogens with one attached hydrogen (secondary N) is 1. The van der Waals surface area contributed by atoms with Crippen LogP contribution in [0.1, 0.15) is 0 Å². The van der Waals surface area contributed by atoms with Crippen molar-refractivity contribution in [3.63, 3.8) is 0 Å². The second-order valence-corrected chi connectivity index (χ2v) is 6.88. The molecule has 0 atom stereocenters. The first-order chi connectivity index (χ1) is 14.2.